The van der Waals surface area contributed by atoms with Gasteiger partial charge in [-0.05, 0) is 36.8 Å². The molecule has 1 heterocycles. The maximum Gasteiger partial charge on any atom is 0.471 e. The number of hydrogen-bond donors (Lipinski definition) is 1. The van der Waals surface area contributed by atoms with Crippen molar-refractivity contribution < 1.29 is 27.3 Å². The minimum absolute atomic E-state index is 0.167. The maximum atomic E-state index is 12.5. The largest absolute Gasteiger partial charge is 0.471 e. The number of rotatable bonds is 7. The van der Waals surface area contributed by atoms with Gasteiger partial charge in [0.15, 0.2) is 0 Å². The topological polar surface area (TPSA) is 89.6 Å². The van der Waals surface area contributed by atoms with Crippen LogP contribution in [0.25, 0.3) is 11.4 Å². The summed E-state index contributed by atoms with van der Waals surface area (Å²) in [5.41, 5.74) is 2.11. The number of halogens is 4. The second-order valence-electron chi connectivity index (χ2n) is 6.41. The van der Waals surface area contributed by atoms with Gasteiger partial charge in [0.05, 0.1) is 12.3 Å². The normalized spacial score (nSPS) is 12.0. The predicted octanol–water partition coefficient (Wildman–Crippen LogP) is 4.84. The van der Waals surface area contributed by atoms with Crippen LogP contribution in [0.3, 0.4) is 0 Å². The van der Waals surface area contributed by atoms with Crippen LogP contribution in [0.5, 0.6) is 0 Å². The minimum atomic E-state index is -4.72. The molecule has 1 N–H and O–H groups in total. The van der Waals surface area contributed by atoms with Crippen molar-refractivity contribution >= 4 is 27.5 Å². The van der Waals surface area contributed by atoms with E-state index < -0.39 is 12.1 Å². The lowest BCUT2D eigenvalue weighted by Gasteiger charge is -2.06. The molecule has 1 amide bonds. The Balaban J connectivity index is 1.51. The molecule has 3 rings (SSSR count). The van der Waals surface area contributed by atoms with Crippen LogP contribution in [0.1, 0.15) is 28.7 Å². The van der Waals surface area contributed by atoms with Crippen molar-refractivity contribution in [2.75, 3.05) is 6.54 Å². The minimum Gasteiger partial charge on any atom is -0.391 e. The average Bonchev–Trinajstić information content (AvgIpc) is 3.24. The highest BCUT2D eigenvalue weighted by molar-refractivity contribution is 9.10. The number of amides is 1. The van der Waals surface area contributed by atoms with E-state index in [2.05, 4.69) is 41.1 Å². The SMILES string of the molecule is CC(CNC(=O)c1ccc(-c2noc(C(F)(F)F)n2)cc1)=NOCc1ccc(Br)cc1. The van der Waals surface area contributed by atoms with Crippen molar-refractivity contribution in [3.8, 4) is 11.4 Å². The fraction of sp³-hybridized carbons (Fsp3) is 0.200. The number of carbonyl (C=O) groups excluding carboxylic acids is 1. The Morgan fingerprint density at radius 1 is 1.16 bits per heavy atom. The summed E-state index contributed by atoms with van der Waals surface area (Å²) in [6.45, 7) is 2.17. The summed E-state index contributed by atoms with van der Waals surface area (Å²) in [5.74, 6) is -2.02. The Morgan fingerprint density at radius 3 is 2.45 bits per heavy atom. The molecule has 0 radical (unpaired) electrons. The third kappa shape index (κ3) is 6.38. The summed E-state index contributed by atoms with van der Waals surface area (Å²) in [5, 5.41) is 9.94. The Bertz CT molecular complexity index is 1060. The number of aromatic nitrogens is 2. The molecule has 0 aliphatic rings. The van der Waals surface area contributed by atoms with Gasteiger partial charge in [0.1, 0.15) is 6.61 Å². The van der Waals surface area contributed by atoms with Gasteiger partial charge in [0.2, 0.25) is 5.82 Å². The second-order valence-corrected chi connectivity index (χ2v) is 7.32. The third-order valence-electron chi connectivity index (χ3n) is 3.94. The third-order valence-corrected chi connectivity index (χ3v) is 4.47. The first kappa shape index (κ1) is 22.5. The van der Waals surface area contributed by atoms with Gasteiger partial charge in [-0.15, -0.1) is 0 Å². The zero-order valence-electron chi connectivity index (χ0n) is 16.1. The molecule has 0 spiro atoms. The molecule has 7 nitrogen and oxygen atoms in total. The molecule has 0 unspecified atom stereocenters. The van der Waals surface area contributed by atoms with Crippen molar-refractivity contribution in [2.24, 2.45) is 5.16 Å². The maximum absolute atomic E-state index is 12.5. The van der Waals surface area contributed by atoms with E-state index in [1.807, 2.05) is 24.3 Å². The number of carbonyl (C=O) groups is 1. The van der Waals surface area contributed by atoms with Crippen LogP contribution in [0.15, 0.2) is 62.7 Å². The standard InChI is InChI=1S/C20H16BrF3N4O3/c1-12(27-30-11-13-2-8-16(21)9-3-13)10-25-18(29)15-6-4-14(5-7-15)17-26-19(31-28-17)20(22,23)24/h2-9H,10-11H2,1H3,(H,25,29). The van der Waals surface area contributed by atoms with E-state index in [1.54, 1.807) is 6.92 Å². The summed E-state index contributed by atoms with van der Waals surface area (Å²) in [7, 11) is 0. The van der Waals surface area contributed by atoms with Crippen LogP contribution in [-0.4, -0.2) is 28.3 Å². The molecule has 162 valence electrons. The van der Waals surface area contributed by atoms with Gasteiger partial charge in [-0.25, -0.2) is 0 Å². The first-order valence-electron chi connectivity index (χ1n) is 8.92. The van der Waals surface area contributed by atoms with Gasteiger partial charge >= 0.3 is 12.1 Å². The van der Waals surface area contributed by atoms with Crippen LogP contribution >= 0.6 is 15.9 Å². The van der Waals surface area contributed by atoms with Gasteiger partial charge in [0, 0.05) is 15.6 Å². The summed E-state index contributed by atoms with van der Waals surface area (Å²) < 4.78 is 42.8. The summed E-state index contributed by atoms with van der Waals surface area (Å²) in [6.07, 6.45) is -4.72. The number of hydrogen-bond acceptors (Lipinski definition) is 6. The molecule has 1 aromatic heterocycles. The highest BCUT2D eigenvalue weighted by Gasteiger charge is 2.38. The first-order chi connectivity index (χ1) is 14.7. The molecule has 31 heavy (non-hydrogen) atoms. The molecular formula is C20H16BrF3N4O3. The smallest absolute Gasteiger partial charge is 0.391 e. The van der Waals surface area contributed by atoms with Crippen LogP contribution < -0.4 is 5.32 Å². The Kier molecular flexibility index (Phi) is 7.06. The highest BCUT2D eigenvalue weighted by Crippen LogP contribution is 2.29. The molecular weight excluding hydrogens is 481 g/mol. The molecule has 11 heteroatoms. The number of nitrogens with zero attached hydrogens (tertiary/aromatic N) is 3. The van der Waals surface area contributed by atoms with Crippen LogP contribution in [-0.2, 0) is 17.6 Å². The second kappa shape index (κ2) is 9.73. The molecule has 2 aromatic carbocycles. The van der Waals surface area contributed by atoms with Crippen LogP contribution in [0.4, 0.5) is 13.2 Å². The molecule has 0 atom stereocenters. The average molecular weight is 497 g/mol. The molecule has 0 saturated carbocycles. The monoisotopic (exact) mass is 496 g/mol. The molecule has 0 aliphatic carbocycles. The van der Waals surface area contributed by atoms with E-state index in [0.717, 1.165) is 10.0 Å². The molecule has 3 aromatic rings. The fourth-order valence-corrected chi connectivity index (χ4v) is 2.63. The van der Waals surface area contributed by atoms with Crippen LogP contribution in [0, 0.1) is 0 Å². The zero-order chi connectivity index (χ0) is 22.4. The number of alkyl halides is 3. The van der Waals surface area contributed by atoms with E-state index in [-0.39, 0.29) is 23.8 Å². The van der Waals surface area contributed by atoms with Gasteiger partial charge in [-0.2, -0.15) is 18.2 Å². The highest BCUT2D eigenvalue weighted by atomic mass is 79.9. The quantitative estimate of drug-likeness (QED) is 0.373. The number of benzene rings is 2. The van der Waals surface area contributed by atoms with Gasteiger partial charge in [-0.1, -0.05) is 50.5 Å². The van der Waals surface area contributed by atoms with Crippen molar-refractivity contribution in [1.82, 2.24) is 15.5 Å². The summed E-state index contributed by atoms with van der Waals surface area (Å²) in [4.78, 5) is 20.8. The number of oxime groups is 1. The Morgan fingerprint density at radius 2 is 1.84 bits per heavy atom. The van der Waals surface area contributed by atoms with Gasteiger partial charge in [-0.3, -0.25) is 4.79 Å². The van der Waals surface area contributed by atoms with Gasteiger partial charge < -0.3 is 14.7 Å². The summed E-state index contributed by atoms with van der Waals surface area (Å²) in [6, 6.07) is 13.4. The lowest BCUT2D eigenvalue weighted by atomic mass is 10.1. The lowest BCUT2D eigenvalue weighted by molar-refractivity contribution is -0.159. The lowest BCUT2D eigenvalue weighted by Crippen LogP contribution is -2.28. The van der Waals surface area contributed by atoms with E-state index >= 15 is 0 Å². The number of nitrogens with one attached hydrogen (secondary N) is 1. The first-order valence-corrected chi connectivity index (χ1v) is 9.71. The molecule has 0 aliphatic heterocycles. The van der Waals surface area contributed by atoms with E-state index in [0.29, 0.717) is 17.9 Å². The zero-order valence-corrected chi connectivity index (χ0v) is 17.7. The van der Waals surface area contributed by atoms with Crippen molar-refractivity contribution in [2.45, 2.75) is 19.7 Å². The van der Waals surface area contributed by atoms with Crippen LogP contribution in [0.2, 0.25) is 0 Å². The van der Waals surface area contributed by atoms with Crippen molar-refractivity contribution in [3.05, 3.63) is 70.0 Å². The Hall–Kier alpha value is -3.21. The van der Waals surface area contributed by atoms with Crippen molar-refractivity contribution in [1.29, 1.82) is 0 Å². The Labute approximate surface area is 183 Å². The van der Waals surface area contributed by atoms with E-state index in [9.17, 15) is 18.0 Å². The van der Waals surface area contributed by atoms with Crippen molar-refractivity contribution in [3.63, 3.8) is 0 Å². The molecule has 0 fully saturated rings. The van der Waals surface area contributed by atoms with Gasteiger partial charge in [0.25, 0.3) is 5.91 Å². The molecule has 0 bridgehead atoms. The molecule has 0 saturated heterocycles. The summed E-state index contributed by atoms with van der Waals surface area (Å²) >= 11 is 3.35. The predicted molar refractivity (Wildman–Crippen MR) is 109 cm³/mol. The van der Waals surface area contributed by atoms with E-state index in [4.69, 9.17) is 4.84 Å². The van der Waals surface area contributed by atoms with E-state index in [1.165, 1.54) is 24.3 Å². The fourth-order valence-electron chi connectivity index (χ4n) is 2.37.